The molecule has 3 rings (SSSR count). The van der Waals surface area contributed by atoms with Crippen LogP contribution in [0.1, 0.15) is 0 Å². The molecule has 2 aromatic rings. The number of nitrogens with zero attached hydrogens (tertiary/aromatic N) is 5. The largest absolute Gasteiger partial charge is 0.328 e. The molecule has 0 radical (unpaired) electrons. The van der Waals surface area contributed by atoms with Crippen LogP contribution in [0.5, 0.6) is 0 Å². The van der Waals surface area contributed by atoms with Gasteiger partial charge in [-0.2, -0.15) is 0 Å². The predicted molar refractivity (Wildman–Crippen MR) is 72.1 cm³/mol. The summed E-state index contributed by atoms with van der Waals surface area (Å²) in [5.41, 5.74) is 0.700. The minimum absolute atomic E-state index is 0.0623. The van der Waals surface area contributed by atoms with Gasteiger partial charge in [-0.25, -0.2) is 9.97 Å². The lowest BCUT2D eigenvalue weighted by Gasteiger charge is -2.33. The predicted octanol–water partition coefficient (Wildman–Crippen LogP) is 0.0905. The van der Waals surface area contributed by atoms with Crippen molar-refractivity contribution < 1.29 is 9.59 Å². The van der Waals surface area contributed by atoms with E-state index < -0.39 is 0 Å². The average molecular weight is 271 g/mol. The van der Waals surface area contributed by atoms with Crippen molar-refractivity contribution in [2.75, 3.05) is 24.5 Å². The van der Waals surface area contributed by atoms with E-state index in [1.807, 2.05) is 0 Å². The van der Waals surface area contributed by atoms with Crippen LogP contribution in [0.4, 0.5) is 5.69 Å². The summed E-state index contributed by atoms with van der Waals surface area (Å²) >= 11 is 0. The van der Waals surface area contributed by atoms with Crippen LogP contribution in [-0.4, -0.2) is 50.7 Å². The smallest absolute Gasteiger partial charge is 0.246 e. The van der Waals surface area contributed by atoms with E-state index in [1.54, 1.807) is 34.1 Å². The molecule has 0 aromatic carbocycles. The van der Waals surface area contributed by atoms with Crippen LogP contribution in [0.3, 0.4) is 0 Å². The van der Waals surface area contributed by atoms with Crippen molar-refractivity contribution in [2.24, 2.45) is 0 Å². The zero-order chi connectivity index (χ0) is 14.1. The van der Waals surface area contributed by atoms with Gasteiger partial charge in [-0.05, 0) is 6.08 Å². The summed E-state index contributed by atoms with van der Waals surface area (Å²) in [5, 5.41) is 0. The highest BCUT2D eigenvalue weighted by atomic mass is 16.2. The molecule has 20 heavy (non-hydrogen) atoms. The van der Waals surface area contributed by atoms with Crippen molar-refractivity contribution in [1.82, 2.24) is 19.3 Å². The van der Waals surface area contributed by atoms with Crippen molar-refractivity contribution >= 4 is 23.3 Å². The van der Waals surface area contributed by atoms with Crippen molar-refractivity contribution in [2.45, 2.75) is 0 Å². The molecule has 2 amide bonds. The standard InChI is InChI=1S/C13H13N5O2/c1-2-11(19)16-5-6-18(12(20)9-16)10-7-15-13-14-3-4-17(13)8-10/h2-4,7-8H,1,5-6,9H2. The summed E-state index contributed by atoms with van der Waals surface area (Å²) in [7, 11) is 0. The normalized spacial score (nSPS) is 15.7. The number of aromatic nitrogens is 3. The lowest BCUT2D eigenvalue weighted by molar-refractivity contribution is -0.133. The Morgan fingerprint density at radius 3 is 2.95 bits per heavy atom. The summed E-state index contributed by atoms with van der Waals surface area (Å²) in [5.74, 6) is 0.232. The molecule has 0 spiro atoms. The quantitative estimate of drug-likeness (QED) is 0.726. The van der Waals surface area contributed by atoms with Gasteiger partial charge in [-0.1, -0.05) is 6.58 Å². The third-order valence-electron chi connectivity index (χ3n) is 3.25. The van der Waals surface area contributed by atoms with E-state index in [2.05, 4.69) is 16.5 Å². The number of hydrogen-bond acceptors (Lipinski definition) is 4. The molecular formula is C13H13N5O2. The second kappa shape index (κ2) is 4.76. The molecule has 0 unspecified atom stereocenters. The summed E-state index contributed by atoms with van der Waals surface area (Å²) in [4.78, 5) is 35.0. The summed E-state index contributed by atoms with van der Waals surface area (Å²) in [6.45, 7) is 4.42. The molecule has 2 aromatic heterocycles. The van der Waals surface area contributed by atoms with Crippen molar-refractivity contribution in [3.63, 3.8) is 0 Å². The van der Waals surface area contributed by atoms with E-state index in [0.29, 0.717) is 24.6 Å². The topological polar surface area (TPSA) is 70.8 Å². The van der Waals surface area contributed by atoms with Gasteiger partial charge in [0.05, 0.1) is 11.9 Å². The summed E-state index contributed by atoms with van der Waals surface area (Å²) < 4.78 is 1.75. The third-order valence-corrected chi connectivity index (χ3v) is 3.25. The first-order valence-electron chi connectivity index (χ1n) is 6.19. The maximum absolute atomic E-state index is 12.1. The molecule has 7 heteroatoms. The van der Waals surface area contributed by atoms with Crippen LogP contribution in [0.2, 0.25) is 0 Å². The molecule has 102 valence electrons. The molecule has 0 saturated carbocycles. The van der Waals surface area contributed by atoms with Crippen LogP contribution in [0.15, 0.2) is 37.4 Å². The van der Waals surface area contributed by atoms with Gasteiger partial charge in [-0.15, -0.1) is 0 Å². The van der Waals surface area contributed by atoms with E-state index in [1.165, 1.54) is 11.0 Å². The number of amides is 2. The zero-order valence-electron chi connectivity index (χ0n) is 10.8. The van der Waals surface area contributed by atoms with E-state index in [0.717, 1.165) is 0 Å². The molecule has 1 aliphatic rings. The zero-order valence-corrected chi connectivity index (χ0v) is 10.8. The van der Waals surface area contributed by atoms with Crippen LogP contribution >= 0.6 is 0 Å². The van der Waals surface area contributed by atoms with Gasteiger partial charge in [0.1, 0.15) is 6.54 Å². The second-order valence-electron chi connectivity index (χ2n) is 4.46. The summed E-state index contributed by atoms with van der Waals surface area (Å²) in [6.07, 6.45) is 8.06. The van der Waals surface area contributed by atoms with Crippen LogP contribution in [0, 0.1) is 0 Å². The van der Waals surface area contributed by atoms with Gasteiger partial charge in [0.2, 0.25) is 17.6 Å². The molecule has 1 fully saturated rings. The Morgan fingerprint density at radius 1 is 1.35 bits per heavy atom. The van der Waals surface area contributed by atoms with Crippen molar-refractivity contribution in [1.29, 1.82) is 0 Å². The fourth-order valence-corrected chi connectivity index (χ4v) is 2.21. The van der Waals surface area contributed by atoms with E-state index in [4.69, 9.17) is 0 Å². The maximum atomic E-state index is 12.1. The average Bonchev–Trinajstić information content (AvgIpc) is 2.93. The Kier molecular flexibility index (Phi) is 2.94. The monoisotopic (exact) mass is 271 g/mol. The number of carbonyl (C=O) groups excluding carboxylic acids is 2. The number of imidazole rings is 1. The molecule has 7 nitrogen and oxygen atoms in total. The molecule has 0 bridgehead atoms. The molecule has 0 N–H and O–H groups in total. The second-order valence-corrected chi connectivity index (χ2v) is 4.46. The molecule has 0 aliphatic carbocycles. The maximum Gasteiger partial charge on any atom is 0.246 e. The molecule has 1 saturated heterocycles. The highest BCUT2D eigenvalue weighted by Gasteiger charge is 2.27. The number of hydrogen-bond donors (Lipinski definition) is 0. The summed E-state index contributed by atoms with van der Waals surface area (Å²) in [6, 6.07) is 0. The lowest BCUT2D eigenvalue weighted by Crippen LogP contribution is -2.52. The fourth-order valence-electron chi connectivity index (χ4n) is 2.21. The molecule has 0 atom stereocenters. The first-order valence-corrected chi connectivity index (χ1v) is 6.19. The Balaban J connectivity index is 1.83. The Labute approximate surface area is 115 Å². The first-order chi connectivity index (χ1) is 9.69. The Bertz CT molecular complexity index is 693. The van der Waals surface area contributed by atoms with Gasteiger partial charge in [0.25, 0.3) is 0 Å². The van der Waals surface area contributed by atoms with Crippen LogP contribution in [0.25, 0.3) is 5.78 Å². The van der Waals surface area contributed by atoms with Gasteiger partial charge < -0.3 is 9.80 Å². The molecule has 3 heterocycles. The minimum atomic E-state index is -0.221. The van der Waals surface area contributed by atoms with Crippen molar-refractivity contribution in [3.05, 3.63) is 37.4 Å². The molecule has 1 aliphatic heterocycles. The number of carbonyl (C=O) groups is 2. The number of piperazine rings is 1. The van der Waals surface area contributed by atoms with E-state index in [9.17, 15) is 9.59 Å². The van der Waals surface area contributed by atoms with Gasteiger partial charge >= 0.3 is 0 Å². The lowest BCUT2D eigenvalue weighted by atomic mass is 10.2. The van der Waals surface area contributed by atoms with Gasteiger partial charge in [0, 0.05) is 31.7 Å². The minimum Gasteiger partial charge on any atom is -0.328 e. The highest BCUT2D eigenvalue weighted by Crippen LogP contribution is 2.16. The van der Waals surface area contributed by atoms with E-state index >= 15 is 0 Å². The van der Waals surface area contributed by atoms with E-state index in [-0.39, 0.29) is 18.4 Å². The number of rotatable bonds is 2. The van der Waals surface area contributed by atoms with Gasteiger partial charge in [0.15, 0.2) is 0 Å². The Morgan fingerprint density at radius 2 is 2.20 bits per heavy atom. The number of anilines is 1. The van der Waals surface area contributed by atoms with Gasteiger partial charge in [-0.3, -0.25) is 14.0 Å². The number of fused-ring (bicyclic) bond motifs is 1. The van der Waals surface area contributed by atoms with Crippen molar-refractivity contribution in [3.8, 4) is 0 Å². The first kappa shape index (κ1) is 12.3. The highest BCUT2D eigenvalue weighted by molar-refractivity contribution is 5.99. The fraction of sp³-hybridized carbons (Fsp3) is 0.231. The third kappa shape index (κ3) is 2.03. The molecular weight excluding hydrogens is 258 g/mol. The Hall–Kier alpha value is -2.70. The van der Waals surface area contributed by atoms with Crippen LogP contribution in [-0.2, 0) is 9.59 Å². The van der Waals surface area contributed by atoms with Crippen LogP contribution < -0.4 is 4.90 Å². The SMILES string of the molecule is C=CC(=O)N1CCN(c2cnc3nccn3c2)C(=O)C1.